The van der Waals surface area contributed by atoms with Gasteiger partial charge in [0.25, 0.3) is 0 Å². The van der Waals surface area contributed by atoms with E-state index >= 15 is 0 Å². The molecule has 1 aliphatic rings. The Bertz CT molecular complexity index is 7030. The smallest absolute Gasteiger partial charge is 0.163 e. The maximum Gasteiger partial charge on any atom is 0.163 e. The molecule has 12 aromatic carbocycles. The number of para-hydroxylation sites is 7. The first-order chi connectivity index (χ1) is 49.1. The third-order valence-electron chi connectivity index (χ3n) is 20.3. The summed E-state index contributed by atoms with van der Waals surface area (Å²) < 4.78 is 31.5. The number of aromatic nitrogens is 6. The quantitative estimate of drug-likeness (QED) is 0.175. The molecule has 11 heteroatoms. The zero-order valence-electron chi connectivity index (χ0n) is 52.6. The van der Waals surface area contributed by atoms with E-state index in [2.05, 4.69) is 256 Å². The summed E-state index contributed by atoms with van der Waals surface area (Å²) in [6, 6.07) is 95.7. The van der Waals surface area contributed by atoms with Crippen molar-refractivity contribution in [3.05, 3.63) is 303 Å². The highest BCUT2D eigenvalue weighted by atomic mass is 32.1. The van der Waals surface area contributed by atoms with E-state index in [1.807, 2.05) is 71.5 Å². The molecule has 0 aliphatic heterocycles. The summed E-state index contributed by atoms with van der Waals surface area (Å²) in [7, 11) is 0. The van der Waals surface area contributed by atoms with Crippen molar-refractivity contribution in [2.75, 3.05) is 0 Å². The van der Waals surface area contributed by atoms with Gasteiger partial charge in [-0.2, -0.15) is 0 Å². The lowest BCUT2D eigenvalue weighted by atomic mass is 10.0. The Labute approximate surface area is 570 Å². The van der Waals surface area contributed by atoms with Gasteiger partial charge in [-0.25, -0.2) is 9.97 Å². The van der Waals surface area contributed by atoms with E-state index < -0.39 is 0 Å². The van der Waals surface area contributed by atoms with Gasteiger partial charge >= 0.3 is 0 Å². The van der Waals surface area contributed by atoms with E-state index in [4.69, 9.17) is 28.2 Å². The van der Waals surface area contributed by atoms with Gasteiger partial charge in [0, 0.05) is 90.6 Å². The maximum atomic E-state index is 6.73. The molecule has 0 bridgehead atoms. The molecule has 1 aliphatic carbocycles. The van der Waals surface area contributed by atoms with Crippen LogP contribution in [-0.2, 0) is 6.42 Å². The van der Waals surface area contributed by atoms with Crippen LogP contribution in [0, 0.1) is 0 Å². The van der Waals surface area contributed by atoms with Gasteiger partial charge in [-0.15, -0.1) is 22.7 Å². The Morgan fingerprint density at radius 1 is 0.273 bits per heavy atom. The number of hydrogen-bond acceptors (Lipinski definition) is 8. The highest BCUT2D eigenvalue weighted by Gasteiger charge is 2.27. The largest absolute Gasteiger partial charge is 0.456 e. The minimum Gasteiger partial charge on any atom is -0.456 e. The lowest BCUT2D eigenvalue weighted by molar-refractivity contribution is 0.664. The molecule has 0 atom stereocenters. The second-order valence-electron chi connectivity index (χ2n) is 25.6. The number of hydrogen-bond donors (Lipinski definition) is 0. The minimum atomic E-state index is 0.811. The first-order valence-electron chi connectivity index (χ1n) is 33.3. The monoisotopic (exact) mass is 1300 g/mol. The summed E-state index contributed by atoms with van der Waals surface area (Å²) in [5, 5.41) is 14.9. The second kappa shape index (κ2) is 20.9. The molecule has 0 spiro atoms. The summed E-state index contributed by atoms with van der Waals surface area (Å²) in [6.07, 6.45) is 7.05. The molecule has 0 saturated heterocycles. The zero-order valence-corrected chi connectivity index (χ0v) is 54.3. The van der Waals surface area contributed by atoms with Crippen molar-refractivity contribution >= 4 is 195 Å². The van der Waals surface area contributed by atoms with Gasteiger partial charge in [0.1, 0.15) is 33.4 Å². The molecule has 11 heterocycles. The average molecular weight is 1300 g/mol. The standard InChI is InChI=1S/C30H18N2S.C29H16N2O2.C29H16N2OS/c1-2-9-20(10-3-1)32-24-13-7-6-12-22(24)27-25(32)17-31-28-23-15-14-19-16-18-8-4-5-11-21(18)26(19)29(23)33-30(27)28;1-2-8-17(9-3-1)31-21-12-6-4-10-18(21)25-22(31)16-30-27-20-14-15-24-26(28(20)33-29(25)27)19-11-5-7-13-23(19)32-24;1-2-8-17(9-3-1)31-21-12-6-4-10-18(21)25-22(31)16-30-27-20-14-15-24-26(28(20)32-29(25)27)19-11-5-7-13-23(19)33-24/h1-15,17H,16H2;2*1-16H. The molecular formula is C88H50N6O3S2. The zero-order chi connectivity index (χ0) is 64.6. The topological polar surface area (TPSA) is 92.9 Å². The fraction of sp³-hybridized carbons (Fsp3) is 0.0114. The Morgan fingerprint density at radius 2 is 0.747 bits per heavy atom. The molecule has 24 rings (SSSR count). The lowest BCUT2D eigenvalue weighted by Gasteiger charge is -2.06. The Kier molecular flexibility index (Phi) is 11.5. The van der Waals surface area contributed by atoms with Crippen LogP contribution >= 0.6 is 22.7 Å². The number of thiophene rings is 2. The van der Waals surface area contributed by atoms with Gasteiger partial charge in [-0.3, -0.25) is 4.98 Å². The van der Waals surface area contributed by atoms with E-state index in [-0.39, 0.29) is 0 Å². The summed E-state index contributed by atoms with van der Waals surface area (Å²) in [5.41, 5.74) is 23.8. The molecule has 9 nitrogen and oxygen atoms in total. The number of rotatable bonds is 3. The summed E-state index contributed by atoms with van der Waals surface area (Å²) in [6.45, 7) is 0. The Morgan fingerprint density at radius 3 is 1.36 bits per heavy atom. The van der Waals surface area contributed by atoms with Gasteiger partial charge in [0.05, 0.1) is 78.1 Å². The average Bonchev–Trinajstić information content (AvgIpc) is 1.56. The Hall–Kier alpha value is -12.7. The fourth-order valence-electron chi connectivity index (χ4n) is 16.2. The van der Waals surface area contributed by atoms with E-state index in [1.165, 1.54) is 90.1 Å². The molecule has 99 heavy (non-hydrogen) atoms. The summed E-state index contributed by atoms with van der Waals surface area (Å²) in [4.78, 5) is 14.9. The maximum absolute atomic E-state index is 6.73. The van der Waals surface area contributed by atoms with Gasteiger partial charge in [-0.05, 0) is 114 Å². The van der Waals surface area contributed by atoms with Gasteiger partial charge in [0.15, 0.2) is 11.2 Å². The van der Waals surface area contributed by atoms with Crippen LogP contribution in [0.5, 0.6) is 0 Å². The van der Waals surface area contributed by atoms with Crippen LogP contribution in [0.1, 0.15) is 11.1 Å². The number of fused-ring (bicyclic) bond motifs is 33. The molecule has 0 N–H and O–H groups in total. The molecule has 0 unspecified atom stereocenters. The van der Waals surface area contributed by atoms with Crippen LogP contribution < -0.4 is 0 Å². The lowest BCUT2D eigenvalue weighted by Crippen LogP contribution is -1.93. The highest BCUT2D eigenvalue weighted by Crippen LogP contribution is 2.51. The molecule has 11 aromatic heterocycles. The minimum absolute atomic E-state index is 0.811. The van der Waals surface area contributed by atoms with Crippen molar-refractivity contribution in [2.45, 2.75) is 6.42 Å². The molecule has 23 aromatic rings. The van der Waals surface area contributed by atoms with E-state index in [0.717, 1.165) is 128 Å². The fourth-order valence-corrected chi connectivity index (χ4v) is 18.7. The highest BCUT2D eigenvalue weighted by molar-refractivity contribution is 7.27. The summed E-state index contributed by atoms with van der Waals surface area (Å²) in [5.74, 6) is 0. The third-order valence-corrected chi connectivity index (χ3v) is 22.7. The van der Waals surface area contributed by atoms with E-state index in [0.29, 0.717) is 0 Å². The van der Waals surface area contributed by atoms with Gasteiger partial charge in [-0.1, -0.05) is 182 Å². The predicted molar refractivity (Wildman–Crippen MR) is 412 cm³/mol. The molecule has 462 valence electrons. The van der Waals surface area contributed by atoms with Crippen LogP contribution in [0.3, 0.4) is 0 Å². The number of pyridine rings is 3. The van der Waals surface area contributed by atoms with Crippen LogP contribution in [0.2, 0.25) is 0 Å². The van der Waals surface area contributed by atoms with E-state index in [9.17, 15) is 0 Å². The number of benzene rings is 12. The van der Waals surface area contributed by atoms with Gasteiger partial charge in [0.2, 0.25) is 0 Å². The van der Waals surface area contributed by atoms with Gasteiger partial charge < -0.3 is 27.0 Å². The van der Waals surface area contributed by atoms with Crippen molar-refractivity contribution in [1.29, 1.82) is 0 Å². The third kappa shape index (κ3) is 7.82. The molecule has 0 radical (unpaired) electrons. The first-order valence-corrected chi connectivity index (χ1v) is 34.9. The van der Waals surface area contributed by atoms with Crippen molar-refractivity contribution in [3.63, 3.8) is 0 Å². The first kappa shape index (κ1) is 54.6. The normalized spacial score (nSPS) is 12.4. The second-order valence-corrected chi connectivity index (χ2v) is 27.7. The van der Waals surface area contributed by atoms with Crippen LogP contribution in [0.15, 0.2) is 305 Å². The van der Waals surface area contributed by atoms with Crippen molar-refractivity contribution in [1.82, 2.24) is 28.7 Å². The summed E-state index contributed by atoms with van der Waals surface area (Å²) >= 11 is 3.72. The molecule has 0 amide bonds. The number of furan rings is 3. The van der Waals surface area contributed by atoms with Crippen LogP contribution in [0.4, 0.5) is 0 Å². The molecule has 0 saturated carbocycles. The van der Waals surface area contributed by atoms with Crippen molar-refractivity contribution in [2.24, 2.45) is 0 Å². The predicted octanol–water partition coefficient (Wildman–Crippen LogP) is 24.5. The van der Waals surface area contributed by atoms with Crippen molar-refractivity contribution < 1.29 is 13.3 Å². The SMILES string of the molecule is c1ccc(-n2c3ccccc3c3c4oc5c(ccc6oc7ccccc7c65)c4ncc32)cc1.c1ccc(-n2c3ccccc3c3c4oc5c(ccc6sc7ccccc7c65)c4ncc32)cc1.c1ccc(-n2c3ccccc3c3c4sc5c6c(ccc5c4ncc32)Cc2ccccc2-6)cc1. The number of nitrogens with zero attached hydrogens (tertiary/aromatic N) is 6. The molecule has 0 fully saturated rings. The Balaban J connectivity index is 0.0000000949. The van der Waals surface area contributed by atoms with Crippen LogP contribution in [0.25, 0.3) is 200 Å². The van der Waals surface area contributed by atoms with Crippen molar-refractivity contribution in [3.8, 4) is 28.2 Å². The van der Waals surface area contributed by atoms with Crippen LogP contribution in [-0.4, -0.2) is 28.7 Å². The van der Waals surface area contributed by atoms with E-state index in [1.54, 1.807) is 0 Å². The molecular weight excluding hydrogens is 1250 g/mol.